The van der Waals surface area contributed by atoms with E-state index >= 15 is 0 Å². The Kier molecular flexibility index (Phi) is 9.85. The summed E-state index contributed by atoms with van der Waals surface area (Å²) in [6, 6.07) is 16.9. The Bertz CT molecular complexity index is 1570. The van der Waals surface area contributed by atoms with Gasteiger partial charge in [0, 0.05) is 24.3 Å². The Morgan fingerprint density at radius 3 is 1.05 bits per heavy atom. The fraction of sp³-hybridized carbons (Fsp3) is 0.235. The third-order valence-electron chi connectivity index (χ3n) is 6.96. The SMILES string of the molecule is COc1cc(OC)c(C(=O)Oc2ccc(-c3ccc(OC(=O)c4cc(OC)c(OC)cc4OC)cc3C)c(C)c2)cc1OC. The molecule has 0 fully saturated rings. The van der Waals surface area contributed by atoms with Gasteiger partial charge in [-0.25, -0.2) is 9.59 Å². The number of aryl methyl sites for hydroxylation is 2. The summed E-state index contributed by atoms with van der Waals surface area (Å²) < 4.78 is 43.3. The molecule has 44 heavy (non-hydrogen) atoms. The Labute approximate surface area is 255 Å². The third kappa shape index (κ3) is 6.49. The molecule has 0 saturated carbocycles. The van der Waals surface area contributed by atoms with E-state index in [1.807, 2.05) is 26.0 Å². The molecule has 0 unspecified atom stereocenters. The fourth-order valence-electron chi connectivity index (χ4n) is 4.71. The summed E-state index contributed by atoms with van der Waals surface area (Å²) in [5, 5.41) is 0. The Balaban J connectivity index is 1.54. The summed E-state index contributed by atoms with van der Waals surface area (Å²) in [5.74, 6) is 1.70. The van der Waals surface area contributed by atoms with Gasteiger partial charge < -0.3 is 37.9 Å². The lowest BCUT2D eigenvalue weighted by Crippen LogP contribution is -2.11. The monoisotopic (exact) mass is 602 g/mol. The molecular formula is C34H34O10. The number of esters is 2. The lowest BCUT2D eigenvalue weighted by atomic mass is 9.96. The Morgan fingerprint density at radius 1 is 0.432 bits per heavy atom. The molecule has 0 aliphatic heterocycles. The molecule has 4 aromatic carbocycles. The van der Waals surface area contributed by atoms with E-state index in [2.05, 4.69) is 0 Å². The maximum absolute atomic E-state index is 13.1. The van der Waals surface area contributed by atoms with E-state index in [9.17, 15) is 9.59 Å². The molecule has 10 heteroatoms. The molecule has 0 aromatic heterocycles. The number of hydrogen-bond donors (Lipinski definition) is 0. The molecule has 0 heterocycles. The standard InChI is InChI=1S/C34H34O10/c1-19-13-21(43-33(35)25-15-29(39-5)31(41-7)17-27(25)37-3)9-11-23(19)24-12-10-22(14-20(24)2)44-34(36)26-16-30(40-6)32(42-8)18-28(26)38-4/h9-18H,1-8H3. The average Bonchev–Trinajstić information content (AvgIpc) is 3.03. The van der Waals surface area contributed by atoms with Gasteiger partial charge in [-0.1, -0.05) is 12.1 Å². The van der Waals surface area contributed by atoms with Crippen molar-refractivity contribution in [2.75, 3.05) is 42.7 Å². The second kappa shape index (κ2) is 13.7. The van der Waals surface area contributed by atoms with Gasteiger partial charge in [0.25, 0.3) is 0 Å². The molecular weight excluding hydrogens is 568 g/mol. The van der Waals surface area contributed by atoms with Crippen LogP contribution in [0.4, 0.5) is 0 Å². The predicted octanol–water partition coefficient (Wildman–Crippen LogP) is 6.46. The summed E-state index contributed by atoms with van der Waals surface area (Å²) >= 11 is 0. The zero-order valence-electron chi connectivity index (χ0n) is 25.9. The number of benzene rings is 4. The molecule has 0 atom stereocenters. The van der Waals surface area contributed by atoms with Gasteiger partial charge in [-0.05, 0) is 60.4 Å². The third-order valence-corrected chi connectivity index (χ3v) is 6.96. The minimum atomic E-state index is -0.608. The maximum atomic E-state index is 13.1. The maximum Gasteiger partial charge on any atom is 0.347 e. The first-order valence-electron chi connectivity index (χ1n) is 13.4. The molecule has 4 rings (SSSR count). The van der Waals surface area contributed by atoms with Crippen molar-refractivity contribution >= 4 is 11.9 Å². The van der Waals surface area contributed by atoms with Crippen molar-refractivity contribution < 1.29 is 47.5 Å². The summed E-state index contributed by atoms with van der Waals surface area (Å²) in [5.41, 5.74) is 3.97. The summed E-state index contributed by atoms with van der Waals surface area (Å²) in [6.07, 6.45) is 0. The summed E-state index contributed by atoms with van der Waals surface area (Å²) in [4.78, 5) is 26.1. The lowest BCUT2D eigenvalue weighted by molar-refractivity contribution is 0.0720. The van der Waals surface area contributed by atoms with E-state index in [1.54, 1.807) is 36.4 Å². The second-order valence-corrected chi connectivity index (χ2v) is 9.55. The molecule has 0 bridgehead atoms. The van der Waals surface area contributed by atoms with Crippen molar-refractivity contribution in [1.82, 2.24) is 0 Å². The van der Waals surface area contributed by atoms with Crippen LogP contribution in [0.1, 0.15) is 31.8 Å². The van der Waals surface area contributed by atoms with Gasteiger partial charge in [-0.3, -0.25) is 0 Å². The number of methoxy groups -OCH3 is 6. The number of carbonyl (C=O) groups excluding carboxylic acids is 2. The van der Waals surface area contributed by atoms with Crippen LogP contribution in [0.3, 0.4) is 0 Å². The van der Waals surface area contributed by atoms with Crippen LogP contribution in [-0.2, 0) is 0 Å². The highest BCUT2D eigenvalue weighted by molar-refractivity contribution is 5.96. The van der Waals surface area contributed by atoms with Crippen molar-refractivity contribution in [1.29, 1.82) is 0 Å². The minimum absolute atomic E-state index is 0.193. The van der Waals surface area contributed by atoms with Crippen LogP contribution in [0.5, 0.6) is 46.0 Å². The quantitative estimate of drug-likeness (QED) is 0.140. The molecule has 0 amide bonds. The average molecular weight is 603 g/mol. The van der Waals surface area contributed by atoms with Gasteiger partial charge in [-0.15, -0.1) is 0 Å². The van der Waals surface area contributed by atoms with E-state index in [4.69, 9.17) is 37.9 Å². The van der Waals surface area contributed by atoms with E-state index in [0.717, 1.165) is 22.3 Å². The van der Waals surface area contributed by atoms with E-state index in [0.29, 0.717) is 46.0 Å². The Morgan fingerprint density at radius 2 is 0.750 bits per heavy atom. The molecule has 0 aliphatic rings. The minimum Gasteiger partial charge on any atom is -0.496 e. The number of hydrogen-bond acceptors (Lipinski definition) is 10. The largest absolute Gasteiger partial charge is 0.496 e. The summed E-state index contributed by atoms with van der Waals surface area (Å²) in [7, 11) is 8.88. The smallest absolute Gasteiger partial charge is 0.347 e. The molecule has 0 saturated heterocycles. The number of carbonyl (C=O) groups is 2. The molecule has 0 radical (unpaired) electrons. The van der Waals surface area contributed by atoms with Crippen LogP contribution in [0.15, 0.2) is 60.7 Å². The van der Waals surface area contributed by atoms with Crippen molar-refractivity contribution in [3.05, 3.63) is 82.9 Å². The number of ether oxygens (including phenoxy) is 8. The molecule has 230 valence electrons. The Hall–Kier alpha value is -5.38. The summed E-state index contributed by atoms with van der Waals surface area (Å²) in [6.45, 7) is 3.83. The van der Waals surface area contributed by atoms with Crippen LogP contribution in [0.25, 0.3) is 11.1 Å². The van der Waals surface area contributed by atoms with Crippen LogP contribution in [-0.4, -0.2) is 54.6 Å². The first-order chi connectivity index (χ1) is 21.2. The van der Waals surface area contributed by atoms with Crippen molar-refractivity contribution in [2.24, 2.45) is 0 Å². The van der Waals surface area contributed by atoms with Gasteiger partial charge in [0.15, 0.2) is 23.0 Å². The van der Waals surface area contributed by atoms with Crippen LogP contribution < -0.4 is 37.9 Å². The second-order valence-electron chi connectivity index (χ2n) is 9.55. The van der Waals surface area contributed by atoms with Gasteiger partial charge in [0.1, 0.15) is 34.1 Å². The molecule has 10 nitrogen and oxygen atoms in total. The van der Waals surface area contributed by atoms with Gasteiger partial charge in [0.2, 0.25) is 0 Å². The molecule has 4 aromatic rings. The molecule has 0 spiro atoms. The van der Waals surface area contributed by atoms with Crippen molar-refractivity contribution in [3.8, 4) is 57.1 Å². The van der Waals surface area contributed by atoms with E-state index in [-0.39, 0.29) is 11.1 Å². The number of rotatable bonds is 11. The first kappa shape index (κ1) is 31.6. The van der Waals surface area contributed by atoms with Gasteiger partial charge in [0.05, 0.1) is 42.7 Å². The van der Waals surface area contributed by atoms with Crippen molar-refractivity contribution in [2.45, 2.75) is 13.8 Å². The highest BCUT2D eigenvalue weighted by atomic mass is 16.5. The lowest BCUT2D eigenvalue weighted by Gasteiger charge is -2.15. The molecule has 0 N–H and O–H groups in total. The topological polar surface area (TPSA) is 108 Å². The van der Waals surface area contributed by atoms with E-state index < -0.39 is 11.9 Å². The van der Waals surface area contributed by atoms with Crippen LogP contribution in [0, 0.1) is 13.8 Å². The highest BCUT2D eigenvalue weighted by Gasteiger charge is 2.22. The van der Waals surface area contributed by atoms with Crippen LogP contribution >= 0.6 is 0 Å². The van der Waals surface area contributed by atoms with Gasteiger partial charge in [-0.2, -0.15) is 0 Å². The van der Waals surface area contributed by atoms with Crippen molar-refractivity contribution in [3.63, 3.8) is 0 Å². The highest BCUT2D eigenvalue weighted by Crippen LogP contribution is 2.37. The first-order valence-corrected chi connectivity index (χ1v) is 13.4. The molecule has 0 aliphatic carbocycles. The van der Waals surface area contributed by atoms with Gasteiger partial charge >= 0.3 is 11.9 Å². The van der Waals surface area contributed by atoms with E-state index in [1.165, 1.54) is 54.8 Å². The zero-order valence-corrected chi connectivity index (χ0v) is 25.9. The predicted molar refractivity (Wildman–Crippen MR) is 163 cm³/mol. The zero-order chi connectivity index (χ0) is 32.0. The van der Waals surface area contributed by atoms with Crippen LogP contribution in [0.2, 0.25) is 0 Å². The normalized spacial score (nSPS) is 10.5. The fourth-order valence-corrected chi connectivity index (χ4v) is 4.71.